The molecule has 204 valence electrons. The van der Waals surface area contributed by atoms with Gasteiger partial charge in [0.2, 0.25) is 0 Å². The van der Waals surface area contributed by atoms with Gasteiger partial charge >= 0.3 is 227 Å². The van der Waals surface area contributed by atoms with Gasteiger partial charge in [0.05, 0.1) is 0 Å². The van der Waals surface area contributed by atoms with Crippen LogP contribution in [-0.2, 0) is 30.2 Å². The number of unbranched alkanes of at least 4 members (excludes halogenated alkanes) is 5. The molecule has 0 heterocycles. The minimum Gasteiger partial charge on any atom is -0.147 e. The molecule has 0 amide bonds. The summed E-state index contributed by atoms with van der Waals surface area (Å²) in [4.78, 5) is 0. The predicted molar refractivity (Wildman–Crippen MR) is 176 cm³/mol. The summed E-state index contributed by atoms with van der Waals surface area (Å²) in [6, 6.07) is 32.9. The van der Waals surface area contributed by atoms with E-state index in [4.69, 9.17) is 0 Å². The zero-order chi connectivity index (χ0) is 25.5. The Morgan fingerprint density at radius 1 is 0.564 bits per heavy atom. The molecule has 0 saturated heterocycles. The standard InChI is InChI=1S/2C13H9.C8H17.CH3.2ClH.H2Si.Zr/c2*1-3-7-12-10(5-1)9-11-6-2-4-8-13(11)12;1-3-5-7-8-6-4-2;;;;;/h2*1-5,7-8H,9H2;1,3-8H2,2H3;1H3;2*1H;1H2;. The second-order valence-electron chi connectivity index (χ2n) is 12.1. The van der Waals surface area contributed by atoms with E-state index in [1.165, 1.54) is 76.0 Å². The number of halogens is 2. The number of hydrogen-bond donors (Lipinski definition) is 0. The van der Waals surface area contributed by atoms with E-state index in [0.717, 1.165) is 12.8 Å². The Kier molecular flexibility index (Phi) is 9.55. The maximum absolute atomic E-state index is 3.65. The predicted octanol–water partition coefficient (Wildman–Crippen LogP) is 8.69. The Bertz CT molecular complexity index is 1450. The number of benzene rings is 4. The molecule has 2 aliphatic rings. The topological polar surface area (TPSA) is 0 Å². The van der Waals surface area contributed by atoms with E-state index >= 15 is 0 Å². The summed E-state index contributed by atoms with van der Waals surface area (Å²) in [6.45, 7) is 4.80. The van der Waals surface area contributed by atoms with E-state index in [0.29, 0.717) is 0 Å². The molecule has 39 heavy (non-hydrogen) atoms. The van der Waals surface area contributed by atoms with Crippen LogP contribution in [0.15, 0.2) is 84.9 Å². The van der Waals surface area contributed by atoms with Crippen molar-refractivity contribution in [1.82, 2.24) is 0 Å². The molecule has 0 unspecified atom stereocenters. The van der Waals surface area contributed by atoms with Crippen LogP contribution in [0.5, 0.6) is 0 Å². The minimum atomic E-state index is -3.65. The number of hydrogen-bond acceptors (Lipinski definition) is 0. The molecule has 0 atom stereocenters. The van der Waals surface area contributed by atoms with Crippen LogP contribution in [0.25, 0.3) is 22.3 Å². The summed E-state index contributed by atoms with van der Waals surface area (Å²) >= 11 is -3.65. The van der Waals surface area contributed by atoms with Gasteiger partial charge in [0.1, 0.15) is 0 Å². The van der Waals surface area contributed by atoms with Crippen LogP contribution in [-0.4, -0.2) is 6.88 Å². The third-order valence-electron chi connectivity index (χ3n) is 9.48. The molecule has 2 aliphatic carbocycles. The Morgan fingerprint density at radius 2 is 1.00 bits per heavy atom. The van der Waals surface area contributed by atoms with Crippen LogP contribution >= 0.6 is 24.8 Å². The van der Waals surface area contributed by atoms with Gasteiger partial charge in [0.25, 0.3) is 0 Å². The van der Waals surface area contributed by atoms with E-state index in [-0.39, 0.29) is 24.8 Å². The van der Waals surface area contributed by atoms with Crippen molar-refractivity contribution in [3.63, 3.8) is 0 Å². The molecule has 4 aromatic carbocycles. The Hall–Kier alpha value is -1.44. The summed E-state index contributed by atoms with van der Waals surface area (Å²) in [5, 5.41) is 0. The molecule has 0 N–H and O–H groups in total. The van der Waals surface area contributed by atoms with E-state index in [1.807, 2.05) is 0 Å². The average molecular weight is 653 g/mol. The van der Waals surface area contributed by atoms with Gasteiger partial charge in [-0.25, -0.2) is 0 Å². The first-order valence-electron chi connectivity index (χ1n) is 14.5. The SMILES string of the molecule is CCCCCCC[CH2][Zr]([CH3])(=[SiH2])([c]1cccc2c1Cc1ccccc1-2)[c]1cccc2c1Cc1ccccc1-2.Cl.Cl. The molecule has 6 rings (SSSR count). The number of rotatable bonds is 9. The third-order valence-corrected chi connectivity index (χ3v) is 30.3. The van der Waals surface area contributed by atoms with Crippen LogP contribution in [0.2, 0.25) is 8.76 Å². The van der Waals surface area contributed by atoms with Gasteiger partial charge in [-0.3, -0.25) is 0 Å². The summed E-state index contributed by atoms with van der Waals surface area (Å²) < 4.78 is 7.70. The fourth-order valence-electron chi connectivity index (χ4n) is 7.48. The summed E-state index contributed by atoms with van der Waals surface area (Å²) in [5.41, 5.74) is 12.2. The van der Waals surface area contributed by atoms with Gasteiger partial charge in [0, 0.05) is 0 Å². The van der Waals surface area contributed by atoms with E-state index in [1.54, 1.807) is 17.7 Å². The van der Waals surface area contributed by atoms with Crippen molar-refractivity contribution in [2.24, 2.45) is 0 Å². The molecular formula is C35H42Cl2SiZr. The fraction of sp³-hybridized carbons (Fsp3) is 0.314. The van der Waals surface area contributed by atoms with Crippen LogP contribution in [0.4, 0.5) is 0 Å². The molecule has 0 saturated carbocycles. The maximum atomic E-state index is 2.79. The monoisotopic (exact) mass is 650 g/mol. The van der Waals surface area contributed by atoms with Crippen molar-refractivity contribution in [2.45, 2.75) is 67.1 Å². The van der Waals surface area contributed by atoms with Gasteiger partial charge in [-0.15, -0.1) is 24.8 Å². The van der Waals surface area contributed by atoms with Crippen LogP contribution < -0.4 is 6.54 Å². The normalized spacial score (nSPS) is 13.0. The van der Waals surface area contributed by atoms with Crippen LogP contribution in [0.1, 0.15) is 67.7 Å². The van der Waals surface area contributed by atoms with Gasteiger partial charge < -0.3 is 0 Å². The summed E-state index contributed by atoms with van der Waals surface area (Å²) in [5.74, 6) is 0. The molecule has 0 aromatic heterocycles. The second kappa shape index (κ2) is 12.2. The molecule has 0 aliphatic heterocycles. The largest absolute Gasteiger partial charge is 0.147 e. The molecule has 4 aromatic rings. The molecule has 4 heteroatoms. The van der Waals surface area contributed by atoms with Crippen molar-refractivity contribution in [1.29, 1.82) is 0 Å². The van der Waals surface area contributed by atoms with Crippen molar-refractivity contribution in [3.8, 4) is 22.3 Å². The minimum absolute atomic E-state index is 0. The smallest absolute Gasteiger partial charge is 0.147 e. The first kappa shape index (κ1) is 30.5. The Labute approximate surface area is 250 Å². The Balaban J connectivity index is 0.00000176. The van der Waals surface area contributed by atoms with E-state index < -0.39 is 17.4 Å². The van der Waals surface area contributed by atoms with Crippen molar-refractivity contribution >= 4 is 38.2 Å². The molecule has 0 nitrogen and oxygen atoms in total. The quantitative estimate of drug-likeness (QED) is 0.108. The van der Waals surface area contributed by atoms with Crippen LogP contribution in [0, 0.1) is 0 Å². The summed E-state index contributed by atoms with van der Waals surface area (Å²) in [6.07, 6.45) is 10.4. The van der Waals surface area contributed by atoms with Crippen molar-refractivity contribution < 1.29 is 17.4 Å². The third kappa shape index (κ3) is 5.32. The van der Waals surface area contributed by atoms with Gasteiger partial charge in [-0.05, 0) is 0 Å². The van der Waals surface area contributed by atoms with Crippen molar-refractivity contribution in [3.05, 3.63) is 107 Å². The summed E-state index contributed by atoms with van der Waals surface area (Å²) in [7, 11) is 0. The van der Waals surface area contributed by atoms with E-state index in [9.17, 15) is 0 Å². The first-order valence-corrected chi connectivity index (χ1v) is 27.0. The zero-order valence-corrected chi connectivity index (χ0v) is 29.0. The molecule has 0 fully saturated rings. The molecule has 0 bridgehead atoms. The maximum Gasteiger partial charge on any atom is -0.147 e. The van der Waals surface area contributed by atoms with E-state index in [2.05, 4.69) is 103 Å². The first-order chi connectivity index (χ1) is 18.0. The van der Waals surface area contributed by atoms with Gasteiger partial charge in [-0.1, -0.05) is 0 Å². The Morgan fingerprint density at radius 3 is 1.51 bits per heavy atom. The zero-order valence-electron chi connectivity index (χ0n) is 23.5. The van der Waals surface area contributed by atoms with Crippen molar-refractivity contribution in [2.75, 3.05) is 0 Å². The number of fused-ring (bicyclic) bond motifs is 6. The van der Waals surface area contributed by atoms with Gasteiger partial charge in [-0.2, -0.15) is 0 Å². The molecule has 0 radical (unpaired) electrons. The average Bonchev–Trinajstić information content (AvgIpc) is 3.49. The molecular weight excluding hydrogens is 611 g/mol. The van der Waals surface area contributed by atoms with Crippen LogP contribution in [0.3, 0.4) is 0 Å². The van der Waals surface area contributed by atoms with Gasteiger partial charge in [0.15, 0.2) is 0 Å². The second-order valence-corrected chi connectivity index (χ2v) is 38.6. The fourth-order valence-corrected chi connectivity index (χ4v) is 26.2. The molecule has 0 spiro atoms.